The number of ether oxygens (including phenoxy) is 1. The molecule has 0 bridgehead atoms. The molecule has 0 fully saturated rings. The molecule has 0 N–H and O–H groups in total. The summed E-state index contributed by atoms with van der Waals surface area (Å²) in [5.74, 6) is -2.01. The summed E-state index contributed by atoms with van der Waals surface area (Å²) < 4.78 is 23.7. The van der Waals surface area contributed by atoms with E-state index in [-0.39, 0.29) is 23.3 Å². The molecule has 0 aliphatic heterocycles. The van der Waals surface area contributed by atoms with E-state index in [0.29, 0.717) is 17.5 Å². The molecule has 144 valence electrons. The zero-order valence-electron chi connectivity index (χ0n) is 15.2. The van der Waals surface area contributed by atoms with E-state index < -0.39 is 24.3 Å². The number of carbonyl (C=O) groups excluding carboxylic acids is 2. The minimum absolute atomic E-state index is 0.190. The van der Waals surface area contributed by atoms with Gasteiger partial charge in [0, 0.05) is 19.2 Å². The van der Waals surface area contributed by atoms with Crippen LogP contribution in [-0.2, 0) is 16.1 Å². The van der Waals surface area contributed by atoms with E-state index in [1.807, 2.05) is 0 Å². The van der Waals surface area contributed by atoms with Gasteiger partial charge in [-0.05, 0) is 36.8 Å². The van der Waals surface area contributed by atoms with Gasteiger partial charge in [0.15, 0.2) is 12.0 Å². The molecule has 3 rings (SSSR count). The molecule has 28 heavy (non-hydrogen) atoms. The zero-order chi connectivity index (χ0) is 20.1. The number of rotatable bonds is 6. The molecule has 0 saturated carbocycles. The number of para-hydroxylation sites is 1. The summed E-state index contributed by atoms with van der Waals surface area (Å²) in [4.78, 5) is 38.0. The maximum absolute atomic E-state index is 13.3. The van der Waals surface area contributed by atoms with Crippen LogP contribution in [-0.4, -0.2) is 29.9 Å². The smallest absolute Gasteiger partial charge is 0.374 e. The van der Waals surface area contributed by atoms with E-state index in [4.69, 9.17) is 9.15 Å². The largest absolute Gasteiger partial charge is 0.450 e. The van der Waals surface area contributed by atoms with Gasteiger partial charge in [-0.3, -0.25) is 9.59 Å². The van der Waals surface area contributed by atoms with Crippen molar-refractivity contribution in [3.05, 3.63) is 82.0 Å². The van der Waals surface area contributed by atoms with Crippen molar-refractivity contribution >= 4 is 22.8 Å². The van der Waals surface area contributed by atoms with Crippen molar-refractivity contribution in [2.75, 3.05) is 13.2 Å². The number of esters is 1. The van der Waals surface area contributed by atoms with Gasteiger partial charge in [-0.1, -0.05) is 24.3 Å². The van der Waals surface area contributed by atoms with Crippen LogP contribution < -0.4 is 5.43 Å². The molecule has 0 spiro atoms. The topological polar surface area (TPSA) is 76.8 Å². The van der Waals surface area contributed by atoms with Gasteiger partial charge in [0.05, 0.1) is 5.39 Å². The fraction of sp³-hybridized carbons (Fsp3) is 0.190. The van der Waals surface area contributed by atoms with Crippen molar-refractivity contribution in [3.63, 3.8) is 0 Å². The van der Waals surface area contributed by atoms with Crippen LogP contribution in [0.15, 0.2) is 63.8 Å². The second kappa shape index (κ2) is 8.47. The maximum Gasteiger partial charge on any atom is 0.374 e. The monoisotopic (exact) mass is 383 g/mol. The first-order valence-corrected chi connectivity index (χ1v) is 8.70. The predicted molar refractivity (Wildman–Crippen MR) is 100 cm³/mol. The molecular formula is C21H18FNO5. The molecule has 1 heterocycles. The summed E-state index contributed by atoms with van der Waals surface area (Å²) in [6, 6.07) is 13.5. The molecule has 3 aromatic rings. The van der Waals surface area contributed by atoms with Gasteiger partial charge in [0.25, 0.3) is 5.91 Å². The summed E-state index contributed by atoms with van der Waals surface area (Å²) in [6.07, 6.45) is 0. The number of carbonyl (C=O) groups is 2. The first-order valence-electron chi connectivity index (χ1n) is 8.70. The van der Waals surface area contributed by atoms with Crippen molar-refractivity contribution in [1.29, 1.82) is 0 Å². The Labute approximate surface area is 160 Å². The lowest BCUT2D eigenvalue weighted by atomic mass is 10.2. The van der Waals surface area contributed by atoms with Gasteiger partial charge < -0.3 is 14.1 Å². The number of halogens is 1. The standard InChI is InChI=1S/C21H18FNO5/c1-2-23(12-14-6-5-7-15(22)10-14)20(25)13-27-21(26)19-11-17(24)16-8-3-4-9-18(16)28-19/h3-11H,2,12-13H2,1H3. The lowest BCUT2D eigenvalue weighted by molar-refractivity contribution is -0.135. The highest BCUT2D eigenvalue weighted by atomic mass is 19.1. The van der Waals surface area contributed by atoms with Gasteiger partial charge >= 0.3 is 5.97 Å². The number of benzene rings is 2. The van der Waals surface area contributed by atoms with Crippen LogP contribution in [0.5, 0.6) is 0 Å². The van der Waals surface area contributed by atoms with Crippen molar-refractivity contribution < 1.29 is 23.1 Å². The van der Waals surface area contributed by atoms with Crippen LogP contribution in [0.25, 0.3) is 11.0 Å². The Morgan fingerprint density at radius 1 is 1.11 bits per heavy atom. The predicted octanol–water partition coefficient (Wildman–Crippen LogP) is 3.14. The fourth-order valence-corrected chi connectivity index (χ4v) is 2.73. The van der Waals surface area contributed by atoms with Crippen molar-refractivity contribution in [1.82, 2.24) is 4.90 Å². The fourth-order valence-electron chi connectivity index (χ4n) is 2.73. The number of fused-ring (bicyclic) bond motifs is 1. The van der Waals surface area contributed by atoms with Crippen LogP contribution in [0, 0.1) is 5.82 Å². The third-order valence-corrected chi connectivity index (χ3v) is 4.16. The lowest BCUT2D eigenvalue weighted by Gasteiger charge is -2.20. The molecule has 2 aromatic carbocycles. The van der Waals surface area contributed by atoms with Crippen LogP contribution in [0.2, 0.25) is 0 Å². The van der Waals surface area contributed by atoms with Gasteiger partial charge in [-0.2, -0.15) is 0 Å². The molecule has 0 radical (unpaired) electrons. The second-order valence-electron chi connectivity index (χ2n) is 6.09. The highest BCUT2D eigenvalue weighted by molar-refractivity contribution is 5.90. The lowest BCUT2D eigenvalue weighted by Crippen LogP contribution is -2.34. The summed E-state index contributed by atoms with van der Waals surface area (Å²) in [5, 5.41) is 0.349. The summed E-state index contributed by atoms with van der Waals surface area (Å²) in [7, 11) is 0. The van der Waals surface area contributed by atoms with E-state index in [1.165, 1.54) is 17.0 Å². The maximum atomic E-state index is 13.3. The third kappa shape index (κ3) is 4.43. The van der Waals surface area contributed by atoms with Gasteiger partial charge in [-0.25, -0.2) is 9.18 Å². The zero-order valence-corrected chi connectivity index (χ0v) is 15.2. The number of nitrogens with zero attached hydrogens (tertiary/aromatic N) is 1. The number of hydrogen-bond donors (Lipinski definition) is 0. The first-order chi connectivity index (χ1) is 13.5. The molecule has 0 unspecified atom stereocenters. The summed E-state index contributed by atoms with van der Waals surface area (Å²) >= 11 is 0. The molecule has 0 atom stereocenters. The molecule has 1 aromatic heterocycles. The highest BCUT2D eigenvalue weighted by Crippen LogP contribution is 2.13. The molecule has 6 nitrogen and oxygen atoms in total. The average Bonchev–Trinajstić information content (AvgIpc) is 2.70. The van der Waals surface area contributed by atoms with E-state index >= 15 is 0 Å². The van der Waals surface area contributed by atoms with Crippen LogP contribution in [0.1, 0.15) is 23.0 Å². The summed E-state index contributed by atoms with van der Waals surface area (Å²) in [6.45, 7) is 1.80. The van der Waals surface area contributed by atoms with Gasteiger partial charge in [-0.15, -0.1) is 0 Å². The number of likely N-dealkylation sites (N-methyl/N-ethyl adjacent to an activating group) is 1. The first kappa shape index (κ1) is 19.3. The third-order valence-electron chi connectivity index (χ3n) is 4.16. The molecular weight excluding hydrogens is 365 g/mol. The Morgan fingerprint density at radius 3 is 2.64 bits per heavy atom. The normalized spacial score (nSPS) is 10.6. The molecule has 0 aliphatic rings. The Balaban J connectivity index is 1.66. The van der Waals surface area contributed by atoms with E-state index in [2.05, 4.69) is 0 Å². The highest BCUT2D eigenvalue weighted by Gasteiger charge is 2.18. The van der Waals surface area contributed by atoms with Gasteiger partial charge in [0.2, 0.25) is 5.76 Å². The van der Waals surface area contributed by atoms with Gasteiger partial charge in [0.1, 0.15) is 11.4 Å². The molecule has 0 aliphatic carbocycles. The van der Waals surface area contributed by atoms with Crippen molar-refractivity contribution in [3.8, 4) is 0 Å². The Kier molecular flexibility index (Phi) is 5.84. The van der Waals surface area contributed by atoms with Crippen LogP contribution in [0.3, 0.4) is 0 Å². The molecule has 0 saturated heterocycles. The van der Waals surface area contributed by atoms with E-state index in [9.17, 15) is 18.8 Å². The molecule has 7 heteroatoms. The number of hydrogen-bond acceptors (Lipinski definition) is 5. The Hall–Kier alpha value is -3.48. The SMILES string of the molecule is CCN(Cc1cccc(F)c1)C(=O)COC(=O)c1cc(=O)c2ccccc2o1. The van der Waals surface area contributed by atoms with E-state index in [0.717, 1.165) is 6.07 Å². The molecule has 1 amide bonds. The quantitative estimate of drug-likeness (QED) is 0.611. The average molecular weight is 383 g/mol. The number of amides is 1. The van der Waals surface area contributed by atoms with E-state index in [1.54, 1.807) is 43.3 Å². The van der Waals surface area contributed by atoms with Crippen molar-refractivity contribution in [2.24, 2.45) is 0 Å². The minimum Gasteiger partial charge on any atom is -0.450 e. The summed E-state index contributed by atoms with van der Waals surface area (Å²) in [5.41, 5.74) is 0.512. The van der Waals surface area contributed by atoms with Crippen molar-refractivity contribution in [2.45, 2.75) is 13.5 Å². The van der Waals surface area contributed by atoms with Crippen LogP contribution >= 0.6 is 0 Å². The Morgan fingerprint density at radius 2 is 1.89 bits per heavy atom. The Bertz CT molecular complexity index is 1080. The minimum atomic E-state index is -0.905. The second-order valence-corrected chi connectivity index (χ2v) is 6.09. The van der Waals surface area contributed by atoms with Crippen LogP contribution in [0.4, 0.5) is 4.39 Å².